The third-order valence-electron chi connectivity index (χ3n) is 4.40. The Bertz CT molecular complexity index is 1190. The van der Waals surface area contributed by atoms with Crippen molar-refractivity contribution >= 4 is 68.2 Å². The Morgan fingerprint density at radius 1 is 1.15 bits per heavy atom. The zero-order valence-corrected chi connectivity index (χ0v) is 21.6. The number of carbonyl (C=O) groups is 2. The van der Waals surface area contributed by atoms with E-state index >= 15 is 0 Å². The first-order valence-electron chi connectivity index (χ1n) is 9.39. The summed E-state index contributed by atoms with van der Waals surface area (Å²) in [4.78, 5) is 23.3. The number of hydrazone groups is 1. The van der Waals surface area contributed by atoms with E-state index in [1.54, 1.807) is 49.6 Å². The van der Waals surface area contributed by atoms with Crippen LogP contribution in [0.1, 0.15) is 31.8 Å². The van der Waals surface area contributed by atoms with Gasteiger partial charge in [-0.1, -0.05) is 23.7 Å². The number of methoxy groups -OCH3 is 1. The molecule has 0 fully saturated rings. The Hall–Kier alpha value is -2.63. The van der Waals surface area contributed by atoms with E-state index in [2.05, 4.69) is 49.0 Å². The van der Waals surface area contributed by atoms with Crippen molar-refractivity contribution in [2.75, 3.05) is 7.11 Å². The number of nitrogens with one attached hydrogen (secondary N) is 1. The summed E-state index contributed by atoms with van der Waals surface area (Å²) < 4.78 is 12.5. The van der Waals surface area contributed by atoms with Gasteiger partial charge in [-0.2, -0.15) is 5.10 Å². The number of carboxylic acid groups (broad SMARTS) is 1. The molecule has 2 N–H and O–H groups in total. The topological polar surface area (TPSA) is 97.2 Å². The van der Waals surface area contributed by atoms with Gasteiger partial charge in [-0.05, 0) is 92.1 Å². The molecule has 170 valence electrons. The summed E-state index contributed by atoms with van der Waals surface area (Å²) in [5.41, 5.74) is 4.53. The van der Waals surface area contributed by atoms with Crippen molar-refractivity contribution in [2.24, 2.45) is 5.10 Å². The van der Waals surface area contributed by atoms with E-state index in [0.29, 0.717) is 32.1 Å². The number of halogens is 3. The van der Waals surface area contributed by atoms with E-state index in [1.807, 2.05) is 0 Å². The number of rotatable bonds is 8. The summed E-state index contributed by atoms with van der Waals surface area (Å²) in [6.07, 6.45) is 1.47. The van der Waals surface area contributed by atoms with Crippen LogP contribution in [-0.2, 0) is 6.61 Å². The van der Waals surface area contributed by atoms with Crippen molar-refractivity contribution in [3.8, 4) is 11.5 Å². The molecule has 3 aromatic rings. The predicted octanol–water partition coefficient (Wildman–Crippen LogP) is 5.76. The van der Waals surface area contributed by atoms with Crippen LogP contribution in [0.4, 0.5) is 0 Å². The fourth-order valence-corrected chi connectivity index (χ4v) is 4.27. The molecule has 0 radical (unpaired) electrons. The van der Waals surface area contributed by atoms with Crippen LogP contribution in [0.2, 0.25) is 5.02 Å². The number of carbonyl (C=O) groups excluding carboxylic acids is 1. The van der Waals surface area contributed by atoms with Gasteiger partial charge in [0.25, 0.3) is 5.91 Å². The standard InChI is InChI=1S/C23H17BrClIN2O5/c1-32-20-10-16(6-7-19(20)26)22(29)28-27-11-14-8-17(24)21(18(25)9-14)33-12-13-2-4-15(5-3-13)23(30)31/h2-11H,12H2,1H3,(H,28,29)(H,30,31)/b27-11-. The van der Waals surface area contributed by atoms with Crippen molar-refractivity contribution in [2.45, 2.75) is 6.61 Å². The van der Waals surface area contributed by atoms with Crippen molar-refractivity contribution in [1.82, 2.24) is 5.43 Å². The third-order valence-corrected chi connectivity index (χ3v) is 6.16. The molecule has 0 aliphatic rings. The molecule has 1 amide bonds. The number of ether oxygens (including phenoxy) is 2. The van der Waals surface area contributed by atoms with Crippen molar-refractivity contribution in [3.05, 3.63) is 89.9 Å². The van der Waals surface area contributed by atoms with Gasteiger partial charge in [-0.25, -0.2) is 10.2 Å². The number of hydrogen-bond donors (Lipinski definition) is 2. The van der Waals surface area contributed by atoms with Crippen LogP contribution in [0.3, 0.4) is 0 Å². The lowest BCUT2D eigenvalue weighted by molar-refractivity contribution is 0.0696. The highest BCUT2D eigenvalue weighted by Crippen LogP contribution is 2.34. The fraction of sp³-hybridized carbons (Fsp3) is 0.0870. The maximum Gasteiger partial charge on any atom is 0.335 e. The van der Waals surface area contributed by atoms with Crippen LogP contribution >= 0.6 is 50.1 Å². The van der Waals surface area contributed by atoms with Crippen LogP contribution in [0.5, 0.6) is 11.5 Å². The largest absolute Gasteiger partial charge is 0.496 e. The van der Waals surface area contributed by atoms with E-state index in [0.717, 1.165) is 9.13 Å². The van der Waals surface area contributed by atoms with Gasteiger partial charge in [0.05, 0.1) is 32.0 Å². The van der Waals surface area contributed by atoms with Crippen LogP contribution in [0.25, 0.3) is 0 Å². The maximum absolute atomic E-state index is 12.3. The molecular formula is C23H17BrClIN2O5. The Balaban J connectivity index is 1.63. The second kappa shape index (κ2) is 11.5. The predicted molar refractivity (Wildman–Crippen MR) is 138 cm³/mol. The Labute approximate surface area is 217 Å². The molecule has 0 aromatic heterocycles. The second-order valence-corrected chi connectivity index (χ2v) is 9.08. The minimum absolute atomic E-state index is 0.204. The SMILES string of the molecule is COc1cc(C(=O)N/N=C\c2cc(Cl)c(OCc3ccc(C(=O)O)cc3)c(Br)c2)ccc1I. The monoisotopic (exact) mass is 642 g/mol. The summed E-state index contributed by atoms with van der Waals surface area (Å²) >= 11 is 11.9. The molecule has 0 unspecified atom stereocenters. The molecule has 0 aliphatic carbocycles. The lowest BCUT2D eigenvalue weighted by Gasteiger charge is -2.11. The number of amides is 1. The lowest BCUT2D eigenvalue weighted by Crippen LogP contribution is -2.17. The van der Waals surface area contributed by atoms with Crippen LogP contribution in [-0.4, -0.2) is 30.3 Å². The van der Waals surface area contributed by atoms with E-state index in [4.69, 9.17) is 26.2 Å². The molecule has 3 aromatic carbocycles. The molecule has 0 atom stereocenters. The van der Waals surface area contributed by atoms with Crippen molar-refractivity contribution in [3.63, 3.8) is 0 Å². The lowest BCUT2D eigenvalue weighted by atomic mass is 10.1. The molecule has 0 bridgehead atoms. The molecule has 0 saturated heterocycles. The van der Waals surface area contributed by atoms with Gasteiger partial charge in [0.2, 0.25) is 0 Å². The highest BCUT2D eigenvalue weighted by atomic mass is 127. The average Bonchev–Trinajstić information content (AvgIpc) is 2.79. The van der Waals surface area contributed by atoms with Crippen LogP contribution in [0.15, 0.2) is 64.2 Å². The molecule has 0 aliphatic heterocycles. The fourth-order valence-electron chi connectivity index (χ4n) is 2.72. The molecule has 0 saturated carbocycles. The average molecular weight is 644 g/mol. The minimum atomic E-state index is -0.986. The number of aromatic carboxylic acids is 1. The molecule has 3 rings (SSSR count). The van der Waals surface area contributed by atoms with E-state index in [-0.39, 0.29) is 18.1 Å². The molecule has 0 heterocycles. The number of carboxylic acids is 1. The van der Waals surface area contributed by atoms with E-state index < -0.39 is 5.97 Å². The summed E-state index contributed by atoms with van der Waals surface area (Å²) in [5.74, 6) is -0.317. The molecule has 0 spiro atoms. The van der Waals surface area contributed by atoms with Gasteiger partial charge in [0, 0.05) is 5.56 Å². The zero-order chi connectivity index (χ0) is 24.0. The third kappa shape index (κ3) is 6.68. The van der Waals surface area contributed by atoms with Crippen molar-refractivity contribution < 1.29 is 24.2 Å². The zero-order valence-electron chi connectivity index (χ0n) is 17.1. The first-order valence-corrected chi connectivity index (χ1v) is 11.6. The van der Waals surface area contributed by atoms with E-state index in [9.17, 15) is 9.59 Å². The summed E-state index contributed by atoms with van der Waals surface area (Å²) in [7, 11) is 1.54. The molecule has 7 nitrogen and oxygen atoms in total. The van der Waals surface area contributed by atoms with Gasteiger partial charge in [0.15, 0.2) is 5.75 Å². The Kier molecular flexibility index (Phi) is 8.70. The molecule has 33 heavy (non-hydrogen) atoms. The van der Waals surface area contributed by atoms with Gasteiger partial charge >= 0.3 is 5.97 Å². The highest BCUT2D eigenvalue weighted by molar-refractivity contribution is 14.1. The van der Waals surface area contributed by atoms with Crippen molar-refractivity contribution in [1.29, 1.82) is 0 Å². The Morgan fingerprint density at radius 3 is 2.48 bits per heavy atom. The van der Waals surface area contributed by atoms with Crippen LogP contribution < -0.4 is 14.9 Å². The van der Waals surface area contributed by atoms with Gasteiger partial charge < -0.3 is 14.6 Å². The smallest absolute Gasteiger partial charge is 0.335 e. The molecular weight excluding hydrogens is 627 g/mol. The summed E-state index contributed by atoms with van der Waals surface area (Å²) in [5, 5.41) is 13.3. The number of benzene rings is 3. The quantitative estimate of drug-likeness (QED) is 0.185. The van der Waals surface area contributed by atoms with E-state index in [1.165, 1.54) is 18.3 Å². The highest BCUT2D eigenvalue weighted by Gasteiger charge is 2.11. The maximum atomic E-state index is 12.3. The summed E-state index contributed by atoms with van der Waals surface area (Å²) in [6.45, 7) is 0.210. The minimum Gasteiger partial charge on any atom is -0.496 e. The Morgan fingerprint density at radius 2 is 1.85 bits per heavy atom. The normalized spacial score (nSPS) is 10.8. The summed E-state index contributed by atoms with van der Waals surface area (Å²) in [6, 6.07) is 14.9. The number of hydrogen-bond acceptors (Lipinski definition) is 5. The van der Waals surface area contributed by atoms with Gasteiger partial charge in [-0.3, -0.25) is 4.79 Å². The van der Waals surface area contributed by atoms with Gasteiger partial charge in [-0.15, -0.1) is 0 Å². The first-order chi connectivity index (χ1) is 15.8. The molecule has 10 heteroatoms. The van der Waals surface area contributed by atoms with Crippen LogP contribution in [0, 0.1) is 3.57 Å². The second-order valence-electron chi connectivity index (χ2n) is 6.65. The van der Waals surface area contributed by atoms with Gasteiger partial charge in [0.1, 0.15) is 12.4 Å². The first kappa shape index (κ1) is 25.0. The number of nitrogens with zero attached hydrogens (tertiary/aromatic N) is 1.